The Hall–Kier alpha value is -2.29. The van der Waals surface area contributed by atoms with Gasteiger partial charge in [-0.25, -0.2) is 0 Å². The van der Waals surface area contributed by atoms with Crippen molar-refractivity contribution in [2.45, 2.75) is 19.8 Å². The molecule has 0 aliphatic rings. The SMILES string of the molecule is CCOc1ccc(CC(=O)NCCc2ccccc2)cc1. The molecule has 0 saturated carbocycles. The van der Waals surface area contributed by atoms with E-state index in [0.29, 0.717) is 19.6 Å². The normalized spacial score (nSPS) is 10.1. The van der Waals surface area contributed by atoms with Gasteiger partial charge in [0.25, 0.3) is 0 Å². The largest absolute Gasteiger partial charge is 0.494 e. The van der Waals surface area contributed by atoms with Gasteiger partial charge in [-0.2, -0.15) is 0 Å². The maximum atomic E-state index is 11.9. The van der Waals surface area contributed by atoms with Gasteiger partial charge in [0.15, 0.2) is 0 Å². The van der Waals surface area contributed by atoms with E-state index >= 15 is 0 Å². The van der Waals surface area contributed by atoms with E-state index in [1.165, 1.54) is 5.56 Å². The first-order valence-corrected chi connectivity index (χ1v) is 7.30. The lowest BCUT2D eigenvalue weighted by molar-refractivity contribution is -0.120. The molecule has 110 valence electrons. The average molecular weight is 283 g/mol. The van der Waals surface area contributed by atoms with Crippen LogP contribution in [0.3, 0.4) is 0 Å². The third-order valence-corrected chi connectivity index (χ3v) is 3.18. The van der Waals surface area contributed by atoms with Crippen LogP contribution in [0.4, 0.5) is 0 Å². The Balaban J connectivity index is 1.74. The minimum Gasteiger partial charge on any atom is -0.494 e. The molecule has 0 aliphatic carbocycles. The van der Waals surface area contributed by atoms with Gasteiger partial charge in [-0.05, 0) is 36.6 Å². The summed E-state index contributed by atoms with van der Waals surface area (Å²) in [7, 11) is 0. The molecule has 3 nitrogen and oxygen atoms in total. The average Bonchev–Trinajstić information content (AvgIpc) is 2.51. The first kappa shape index (κ1) is 15.1. The van der Waals surface area contributed by atoms with Crippen molar-refractivity contribution in [3.8, 4) is 5.75 Å². The summed E-state index contributed by atoms with van der Waals surface area (Å²) in [6.07, 6.45) is 1.26. The molecule has 0 spiro atoms. The van der Waals surface area contributed by atoms with Gasteiger partial charge in [-0.15, -0.1) is 0 Å². The predicted octanol–water partition coefficient (Wildman–Crippen LogP) is 2.99. The highest BCUT2D eigenvalue weighted by atomic mass is 16.5. The van der Waals surface area contributed by atoms with E-state index in [1.807, 2.05) is 49.4 Å². The van der Waals surface area contributed by atoms with Gasteiger partial charge in [0.05, 0.1) is 13.0 Å². The number of carbonyl (C=O) groups is 1. The molecule has 2 aromatic carbocycles. The molecule has 0 aromatic heterocycles. The summed E-state index contributed by atoms with van der Waals surface area (Å²) in [6.45, 7) is 3.27. The second-order valence-electron chi connectivity index (χ2n) is 4.84. The summed E-state index contributed by atoms with van der Waals surface area (Å²) < 4.78 is 5.38. The number of hydrogen-bond acceptors (Lipinski definition) is 2. The van der Waals surface area contributed by atoms with Crippen molar-refractivity contribution in [1.29, 1.82) is 0 Å². The summed E-state index contributed by atoms with van der Waals surface area (Å²) in [5.74, 6) is 0.890. The molecule has 0 heterocycles. The van der Waals surface area contributed by atoms with Crippen LogP contribution in [0, 0.1) is 0 Å². The molecule has 2 rings (SSSR count). The van der Waals surface area contributed by atoms with Gasteiger partial charge in [0.1, 0.15) is 5.75 Å². The fourth-order valence-corrected chi connectivity index (χ4v) is 2.11. The molecule has 0 radical (unpaired) electrons. The Morgan fingerprint density at radius 1 is 1.00 bits per heavy atom. The molecule has 0 atom stereocenters. The molecule has 0 saturated heterocycles. The summed E-state index contributed by atoms with van der Waals surface area (Å²) in [5, 5.41) is 2.95. The molecule has 0 unspecified atom stereocenters. The van der Waals surface area contributed by atoms with Crippen LogP contribution in [0.15, 0.2) is 54.6 Å². The van der Waals surface area contributed by atoms with E-state index in [2.05, 4.69) is 17.4 Å². The van der Waals surface area contributed by atoms with Crippen LogP contribution in [0.1, 0.15) is 18.1 Å². The number of amides is 1. The van der Waals surface area contributed by atoms with Gasteiger partial charge >= 0.3 is 0 Å². The maximum Gasteiger partial charge on any atom is 0.224 e. The maximum absolute atomic E-state index is 11.9. The molecule has 2 aromatic rings. The van der Waals surface area contributed by atoms with Gasteiger partial charge in [0, 0.05) is 6.54 Å². The number of nitrogens with one attached hydrogen (secondary N) is 1. The second kappa shape index (κ2) is 8.10. The van der Waals surface area contributed by atoms with Crippen LogP contribution in [-0.4, -0.2) is 19.1 Å². The monoisotopic (exact) mass is 283 g/mol. The summed E-state index contributed by atoms with van der Waals surface area (Å²) >= 11 is 0. The van der Waals surface area contributed by atoms with Crippen molar-refractivity contribution in [2.75, 3.05) is 13.2 Å². The fraction of sp³-hybridized carbons (Fsp3) is 0.278. The van der Waals surface area contributed by atoms with Gasteiger partial charge in [-0.1, -0.05) is 42.5 Å². The zero-order valence-electron chi connectivity index (χ0n) is 12.3. The standard InChI is InChI=1S/C18H21NO2/c1-2-21-17-10-8-16(9-11-17)14-18(20)19-13-12-15-6-4-3-5-7-15/h3-11H,2,12-14H2,1H3,(H,19,20). The highest BCUT2D eigenvalue weighted by Crippen LogP contribution is 2.12. The van der Waals surface area contributed by atoms with Crippen molar-refractivity contribution in [3.05, 3.63) is 65.7 Å². The van der Waals surface area contributed by atoms with Crippen LogP contribution in [0.5, 0.6) is 5.75 Å². The number of hydrogen-bond donors (Lipinski definition) is 1. The van der Waals surface area contributed by atoms with Crippen LogP contribution in [-0.2, 0) is 17.6 Å². The third kappa shape index (κ3) is 5.30. The summed E-state index contributed by atoms with van der Waals surface area (Å²) in [4.78, 5) is 11.9. The fourth-order valence-electron chi connectivity index (χ4n) is 2.11. The Morgan fingerprint density at radius 3 is 2.38 bits per heavy atom. The summed E-state index contributed by atoms with van der Waals surface area (Å²) in [5.41, 5.74) is 2.23. The third-order valence-electron chi connectivity index (χ3n) is 3.18. The molecule has 3 heteroatoms. The van der Waals surface area contributed by atoms with E-state index in [-0.39, 0.29) is 5.91 Å². The lowest BCUT2D eigenvalue weighted by Gasteiger charge is -2.07. The van der Waals surface area contributed by atoms with Crippen LogP contribution in [0.25, 0.3) is 0 Å². The van der Waals surface area contributed by atoms with E-state index in [0.717, 1.165) is 17.7 Å². The molecule has 1 N–H and O–H groups in total. The van der Waals surface area contributed by atoms with Gasteiger partial charge in [-0.3, -0.25) is 4.79 Å². The first-order valence-electron chi connectivity index (χ1n) is 7.30. The van der Waals surface area contributed by atoms with Crippen molar-refractivity contribution < 1.29 is 9.53 Å². The zero-order chi connectivity index (χ0) is 14.9. The van der Waals surface area contributed by atoms with E-state index in [1.54, 1.807) is 0 Å². The van der Waals surface area contributed by atoms with Crippen molar-refractivity contribution in [3.63, 3.8) is 0 Å². The van der Waals surface area contributed by atoms with Gasteiger partial charge in [0.2, 0.25) is 5.91 Å². The Bertz CT molecular complexity index is 549. The lowest BCUT2D eigenvalue weighted by atomic mass is 10.1. The Morgan fingerprint density at radius 2 is 1.71 bits per heavy atom. The van der Waals surface area contributed by atoms with Crippen molar-refractivity contribution in [2.24, 2.45) is 0 Å². The van der Waals surface area contributed by atoms with Crippen molar-refractivity contribution >= 4 is 5.91 Å². The van der Waals surface area contributed by atoms with Crippen molar-refractivity contribution in [1.82, 2.24) is 5.32 Å². The van der Waals surface area contributed by atoms with E-state index in [9.17, 15) is 4.79 Å². The minimum atomic E-state index is 0.0510. The Kier molecular flexibility index (Phi) is 5.83. The highest BCUT2D eigenvalue weighted by Gasteiger charge is 2.03. The van der Waals surface area contributed by atoms with Crippen LogP contribution >= 0.6 is 0 Å². The Labute approximate surface area is 126 Å². The molecular weight excluding hydrogens is 262 g/mol. The molecule has 0 aliphatic heterocycles. The molecule has 21 heavy (non-hydrogen) atoms. The van der Waals surface area contributed by atoms with Crippen LogP contribution in [0.2, 0.25) is 0 Å². The number of benzene rings is 2. The van der Waals surface area contributed by atoms with Crippen LogP contribution < -0.4 is 10.1 Å². The second-order valence-corrected chi connectivity index (χ2v) is 4.84. The minimum absolute atomic E-state index is 0.0510. The number of ether oxygens (including phenoxy) is 1. The lowest BCUT2D eigenvalue weighted by Crippen LogP contribution is -2.27. The first-order chi connectivity index (χ1) is 10.3. The van der Waals surface area contributed by atoms with E-state index < -0.39 is 0 Å². The molecule has 0 fully saturated rings. The molecule has 0 bridgehead atoms. The highest BCUT2D eigenvalue weighted by molar-refractivity contribution is 5.78. The quantitative estimate of drug-likeness (QED) is 0.848. The van der Waals surface area contributed by atoms with Gasteiger partial charge < -0.3 is 10.1 Å². The number of carbonyl (C=O) groups excluding carboxylic acids is 1. The topological polar surface area (TPSA) is 38.3 Å². The molecule has 1 amide bonds. The number of rotatable bonds is 7. The zero-order valence-corrected chi connectivity index (χ0v) is 12.3. The molecular formula is C18H21NO2. The smallest absolute Gasteiger partial charge is 0.224 e. The summed E-state index contributed by atoms with van der Waals surface area (Å²) in [6, 6.07) is 17.8. The predicted molar refractivity (Wildman–Crippen MR) is 84.5 cm³/mol. The van der Waals surface area contributed by atoms with E-state index in [4.69, 9.17) is 4.74 Å².